The van der Waals surface area contributed by atoms with Crippen molar-refractivity contribution in [1.29, 1.82) is 5.26 Å². The zero-order valence-corrected chi connectivity index (χ0v) is 18.8. The Morgan fingerprint density at radius 1 is 1.23 bits per heavy atom. The van der Waals surface area contributed by atoms with Crippen molar-refractivity contribution in [2.75, 3.05) is 24.7 Å². The maximum Gasteiger partial charge on any atom is 0.306 e. The number of thioether (sulfide) groups is 1. The number of benzene rings is 1. The second-order valence-electron chi connectivity index (χ2n) is 7.18. The third kappa shape index (κ3) is 7.33. The van der Waals surface area contributed by atoms with E-state index in [4.69, 9.17) is 10.00 Å². The quantitative estimate of drug-likeness (QED) is 0.330. The molecule has 7 nitrogen and oxygen atoms in total. The number of carbonyl (C=O) groups excluding carboxylic acids is 2. The largest absolute Gasteiger partial charge is 0.466 e. The molecule has 164 valence electrons. The molecule has 1 aliphatic rings. The molecular weight excluding hydrogens is 424 g/mol. The van der Waals surface area contributed by atoms with Crippen LogP contribution in [0.15, 0.2) is 34.1 Å². The van der Waals surface area contributed by atoms with Gasteiger partial charge in [-0.15, -0.1) is 11.8 Å². The van der Waals surface area contributed by atoms with E-state index in [0.29, 0.717) is 31.6 Å². The number of ether oxygens (including phenoxy) is 1. The van der Waals surface area contributed by atoms with Crippen molar-refractivity contribution in [2.24, 2.45) is 11.8 Å². The van der Waals surface area contributed by atoms with Crippen LogP contribution in [-0.4, -0.2) is 45.0 Å². The third-order valence-electron chi connectivity index (χ3n) is 5.08. The molecule has 0 radical (unpaired) electrons. The molecule has 1 saturated carbocycles. The van der Waals surface area contributed by atoms with Crippen LogP contribution >= 0.6 is 11.8 Å². The summed E-state index contributed by atoms with van der Waals surface area (Å²) in [6.07, 6.45) is 3.42. The van der Waals surface area contributed by atoms with Crippen LogP contribution in [-0.2, 0) is 24.2 Å². The molecule has 1 N–H and O–H groups in total. The maximum absolute atomic E-state index is 12.9. The van der Waals surface area contributed by atoms with Crippen molar-refractivity contribution in [3.63, 3.8) is 0 Å². The zero-order valence-electron chi connectivity index (χ0n) is 17.1. The predicted octanol–water partition coefficient (Wildman–Crippen LogP) is 2.95. The Hall–Kier alpha value is -2.05. The van der Waals surface area contributed by atoms with Crippen LogP contribution in [0.25, 0.3) is 0 Å². The molecule has 0 aromatic heterocycles. The molecule has 1 aliphatic carbocycles. The van der Waals surface area contributed by atoms with Gasteiger partial charge in [-0.2, -0.15) is 5.26 Å². The van der Waals surface area contributed by atoms with Gasteiger partial charge < -0.3 is 10.1 Å². The van der Waals surface area contributed by atoms with Crippen molar-refractivity contribution in [2.45, 2.75) is 48.8 Å². The van der Waals surface area contributed by atoms with Gasteiger partial charge >= 0.3 is 5.97 Å². The highest BCUT2D eigenvalue weighted by molar-refractivity contribution is 7.99. The number of nitrogens with zero attached hydrogens (tertiary/aromatic N) is 1. The van der Waals surface area contributed by atoms with E-state index in [1.807, 2.05) is 6.07 Å². The highest BCUT2D eigenvalue weighted by atomic mass is 32.2. The molecule has 1 aromatic rings. The highest BCUT2D eigenvalue weighted by Gasteiger charge is 2.34. The summed E-state index contributed by atoms with van der Waals surface area (Å²) in [6.45, 7) is 2.06. The van der Waals surface area contributed by atoms with Gasteiger partial charge in [-0.1, -0.05) is 12.8 Å². The van der Waals surface area contributed by atoms with Crippen LogP contribution in [0.3, 0.4) is 0 Å². The third-order valence-corrected chi connectivity index (χ3v) is 7.96. The van der Waals surface area contributed by atoms with E-state index in [1.165, 1.54) is 11.8 Å². The molecule has 2 atom stereocenters. The Balaban J connectivity index is 1.97. The molecule has 0 aliphatic heterocycles. The normalized spacial score (nSPS) is 18.9. The van der Waals surface area contributed by atoms with Crippen molar-refractivity contribution < 1.29 is 22.7 Å². The summed E-state index contributed by atoms with van der Waals surface area (Å²) in [5, 5.41) is 11.2. The lowest BCUT2D eigenvalue weighted by molar-refractivity contribution is -0.142. The summed E-state index contributed by atoms with van der Waals surface area (Å²) < 4.78 is 30.7. The molecule has 1 aromatic carbocycles. The van der Waals surface area contributed by atoms with E-state index in [0.717, 1.165) is 17.7 Å². The number of amides is 1. The Morgan fingerprint density at radius 3 is 2.60 bits per heavy atom. The lowest BCUT2D eigenvalue weighted by Crippen LogP contribution is -2.39. The average molecular weight is 453 g/mol. The summed E-state index contributed by atoms with van der Waals surface area (Å²) in [4.78, 5) is 24.8. The number of rotatable bonds is 10. The van der Waals surface area contributed by atoms with Gasteiger partial charge in [-0.3, -0.25) is 9.59 Å². The SMILES string of the molecule is CCOC(=O)CCSc1ccc(S(=O)(=O)C[C@@H]2CCCC[C@H]2C(=O)NCC#N)cc1. The first-order valence-corrected chi connectivity index (χ1v) is 12.8. The van der Waals surface area contributed by atoms with E-state index in [2.05, 4.69) is 5.32 Å². The van der Waals surface area contributed by atoms with Crippen LogP contribution in [0.1, 0.15) is 39.0 Å². The van der Waals surface area contributed by atoms with E-state index >= 15 is 0 Å². The van der Waals surface area contributed by atoms with Crippen LogP contribution in [0, 0.1) is 23.2 Å². The molecule has 0 saturated heterocycles. The minimum atomic E-state index is -3.53. The summed E-state index contributed by atoms with van der Waals surface area (Å²) in [5.74, 6) is -0.616. The fourth-order valence-electron chi connectivity index (χ4n) is 3.62. The smallest absolute Gasteiger partial charge is 0.306 e. The van der Waals surface area contributed by atoms with E-state index < -0.39 is 9.84 Å². The number of hydrogen-bond acceptors (Lipinski definition) is 7. The Kier molecular flexibility index (Phi) is 9.66. The van der Waals surface area contributed by atoms with Crippen molar-refractivity contribution in [3.8, 4) is 6.07 Å². The van der Waals surface area contributed by atoms with Gasteiger partial charge in [0.05, 0.1) is 29.7 Å². The van der Waals surface area contributed by atoms with Crippen LogP contribution in [0.2, 0.25) is 0 Å². The molecular formula is C21H28N2O5S2. The Morgan fingerprint density at radius 2 is 1.93 bits per heavy atom. The lowest BCUT2D eigenvalue weighted by atomic mass is 9.80. The van der Waals surface area contributed by atoms with Crippen LogP contribution in [0.4, 0.5) is 0 Å². The first-order valence-electron chi connectivity index (χ1n) is 10.1. The molecule has 0 unspecified atom stereocenters. The Labute approximate surface area is 182 Å². The monoisotopic (exact) mass is 452 g/mol. The standard InChI is InChI=1S/C21H28N2O5S2/c1-2-28-20(24)11-14-29-17-7-9-18(10-8-17)30(26,27)15-16-5-3-4-6-19(16)21(25)23-13-12-22/h7-10,16,19H,2-6,11,13-15H2,1H3,(H,23,25)/t16-,19+/m0/s1. The van der Waals surface area contributed by atoms with Gasteiger partial charge in [0.15, 0.2) is 9.84 Å². The van der Waals surface area contributed by atoms with Gasteiger partial charge in [0.1, 0.15) is 6.54 Å². The lowest BCUT2D eigenvalue weighted by Gasteiger charge is -2.30. The summed E-state index contributed by atoms with van der Waals surface area (Å²) >= 11 is 1.47. The van der Waals surface area contributed by atoms with Gasteiger partial charge in [0.2, 0.25) is 5.91 Å². The average Bonchev–Trinajstić information content (AvgIpc) is 2.73. The number of nitrogens with one attached hydrogen (secondary N) is 1. The molecule has 0 bridgehead atoms. The number of esters is 1. The number of hydrogen-bond donors (Lipinski definition) is 1. The fraction of sp³-hybridized carbons (Fsp3) is 0.571. The van der Waals surface area contributed by atoms with Gasteiger partial charge in [0, 0.05) is 16.6 Å². The summed E-state index contributed by atoms with van der Waals surface area (Å²) in [5.41, 5.74) is 0. The molecule has 0 spiro atoms. The molecule has 1 fully saturated rings. The molecule has 2 rings (SSSR count). The van der Waals surface area contributed by atoms with E-state index in [9.17, 15) is 18.0 Å². The minimum Gasteiger partial charge on any atom is -0.466 e. The van der Waals surface area contributed by atoms with Crippen molar-refractivity contribution in [3.05, 3.63) is 24.3 Å². The zero-order chi connectivity index (χ0) is 22.0. The van der Waals surface area contributed by atoms with Crippen LogP contribution < -0.4 is 5.32 Å². The van der Waals surface area contributed by atoms with Crippen molar-refractivity contribution >= 4 is 33.5 Å². The van der Waals surface area contributed by atoms with Crippen molar-refractivity contribution in [1.82, 2.24) is 5.32 Å². The molecule has 30 heavy (non-hydrogen) atoms. The predicted molar refractivity (Wildman–Crippen MR) is 115 cm³/mol. The second-order valence-corrected chi connectivity index (χ2v) is 10.4. The molecule has 0 heterocycles. The maximum atomic E-state index is 12.9. The fourth-order valence-corrected chi connectivity index (χ4v) is 6.16. The van der Waals surface area contributed by atoms with Gasteiger partial charge in [0.25, 0.3) is 0 Å². The first kappa shape index (κ1) is 24.2. The summed E-state index contributed by atoms with van der Waals surface area (Å²) in [7, 11) is -3.53. The first-order chi connectivity index (χ1) is 14.4. The molecule has 9 heteroatoms. The minimum absolute atomic E-state index is 0.0654. The highest BCUT2D eigenvalue weighted by Crippen LogP contribution is 2.33. The van der Waals surface area contributed by atoms with Crippen LogP contribution in [0.5, 0.6) is 0 Å². The topological polar surface area (TPSA) is 113 Å². The number of carbonyl (C=O) groups is 2. The van der Waals surface area contributed by atoms with E-state index in [-0.39, 0.29) is 40.9 Å². The molecule has 1 amide bonds. The second kappa shape index (κ2) is 12.0. The summed E-state index contributed by atoms with van der Waals surface area (Å²) in [6, 6.07) is 8.51. The number of sulfone groups is 1. The number of nitriles is 1. The van der Waals surface area contributed by atoms with Gasteiger partial charge in [-0.25, -0.2) is 8.42 Å². The van der Waals surface area contributed by atoms with E-state index in [1.54, 1.807) is 31.2 Å². The Bertz CT molecular complexity index is 862. The van der Waals surface area contributed by atoms with Gasteiger partial charge in [-0.05, 0) is 49.9 Å².